The maximum Gasteiger partial charge on any atom is 0.355 e. The number of carbonyl (C=O) groups is 2. The molecule has 3 aliphatic heterocycles. The fourth-order valence-corrected chi connectivity index (χ4v) is 8.63. The fraction of sp³-hybridized carbons (Fsp3) is 0.375. The highest BCUT2D eigenvalue weighted by atomic mass is 32.2. The molecule has 0 bridgehead atoms. The van der Waals surface area contributed by atoms with Crippen LogP contribution in [-0.2, 0) is 57.8 Å². The minimum absolute atomic E-state index is 0.0645. The molecule has 1 atom stereocenters. The van der Waals surface area contributed by atoms with Crippen LogP contribution in [0.4, 0.5) is 4.39 Å². The Morgan fingerprint density at radius 3 is 2.50 bits per heavy atom. The number of hydrogen-bond acceptors (Lipinski definition) is 11. The van der Waals surface area contributed by atoms with Crippen LogP contribution >= 0.6 is 0 Å². The summed E-state index contributed by atoms with van der Waals surface area (Å²) in [7, 11) is -4.29. The lowest BCUT2D eigenvalue weighted by atomic mass is 9.85. The van der Waals surface area contributed by atoms with Crippen LogP contribution in [0.2, 0.25) is 0 Å². The normalized spacial score (nSPS) is 19.9. The largest absolute Gasteiger partial charge is 0.457 e. The third-order valence-electron chi connectivity index (χ3n) is 10.5. The predicted molar refractivity (Wildman–Crippen MR) is 202 cm³/mol. The molecule has 0 saturated heterocycles. The molecule has 7 rings (SSSR count). The highest BCUT2D eigenvalue weighted by Gasteiger charge is 2.50. The molecule has 0 amide bonds. The molecule has 16 heteroatoms. The number of aromatic nitrogens is 2. The summed E-state index contributed by atoms with van der Waals surface area (Å²) in [4.78, 5) is 49.9. The van der Waals surface area contributed by atoms with Gasteiger partial charge in [0.1, 0.15) is 24.8 Å². The summed E-state index contributed by atoms with van der Waals surface area (Å²) < 4.78 is 61.3. The molecule has 0 fully saturated rings. The Morgan fingerprint density at radius 1 is 1.07 bits per heavy atom. The van der Waals surface area contributed by atoms with Crippen LogP contribution in [0.25, 0.3) is 22.3 Å². The molecule has 0 saturated carbocycles. The van der Waals surface area contributed by atoms with Crippen LogP contribution in [0, 0.1) is 5.82 Å². The van der Waals surface area contributed by atoms with Crippen LogP contribution in [0.5, 0.6) is 0 Å². The van der Waals surface area contributed by atoms with E-state index in [0.29, 0.717) is 11.4 Å². The van der Waals surface area contributed by atoms with E-state index in [4.69, 9.17) is 19.2 Å². The van der Waals surface area contributed by atoms with E-state index in [9.17, 15) is 32.4 Å². The second-order valence-corrected chi connectivity index (χ2v) is 16.7. The monoisotopic (exact) mass is 786 g/mol. The average Bonchev–Trinajstić information content (AvgIpc) is 3.59. The zero-order chi connectivity index (χ0) is 40.2. The minimum atomic E-state index is -4.29. The number of benzene rings is 2. The van der Waals surface area contributed by atoms with Crippen molar-refractivity contribution in [2.24, 2.45) is 4.99 Å². The number of halogens is 1. The topological polar surface area (TPSA) is 178 Å². The van der Waals surface area contributed by atoms with Gasteiger partial charge in [-0.1, -0.05) is 31.2 Å². The van der Waals surface area contributed by atoms with Gasteiger partial charge in [0.05, 0.1) is 58.2 Å². The Hall–Kier alpha value is -5.29. The third-order valence-corrected chi connectivity index (χ3v) is 11.9. The number of aliphatic imine (C=N–C) groups is 1. The van der Waals surface area contributed by atoms with Crippen molar-refractivity contribution in [1.29, 1.82) is 0 Å². The maximum atomic E-state index is 13.9. The molecule has 1 N–H and O–H groups in total. The molecular formula is C40H41FN5O9S. The van der Waals surface area contributed by atoms with Crippen molar-refractivity contribution in [3.05, 3.63) is 105 Å². The molecule has 14 nitrogen and oxygen atoms in total. The Morgan fingerprint density at radius 2 is 1.80 bits per heavy atom. The zero-order valence-electron chi connectivity index (χ0n) is 31.5. The first-order valence-corrected chi connectivity index (χ1v) is 19.6. The van der Waals surface area contributed by atoms with E-state index in [-0.39, 0.29) is 61.1 Å². The van der Waals surface area contributed by atoms with Gasteiger partial charge in [-0.05, 0) is 82.2 Å². The lowest BCUT2D eigenvalue weighted by molar-refractivity contribution is -0.239. The Balaban J connectivity index is 1.15. The van der Waals surface area contributed by atoms with Gasteiger partial charge < -0.3 is 18.8 Å². The van der Waals surface area contributed by atoms with Crippen LogP contribution in [0.1, 0.15) is 64.2 Å². The number of pyridine rings is 2. The molecule has 293 valence electrons. The van der Waals surface area contributed by atoms with Gasteiger partial charge in [-0.2, -0.15) is 0 Å². The molecule has 0 spiro atoms. The fourth-order valence-electron chi connectivity index (χ4n) is 7.54. The Labute approximate surface area is 322 Å². The lowest BCUT2D eigenvalue weighted by Gasteiger charge is -2.35. The first-order valence-electron chi connectivity index (χ1n) is 18.1. The van der Waals surface area contributed by atoms with Crippen LogP contribution in [-0.4, -0.2) is 71.6 Å². The Kier molecular flexibility index (Phi) is 9.97. The standard InChI is InChI=1S/C40H41FN5O9S/c1-6-40(30-18-32-35-25(17-24-9-7-8-10-31(24)43-35)21-45(32)36(48)29(30)23-54-37(40)49)55-34(47)20-42-33(44-56(51,52)28-13-11-27(41)12-14-28)15-16-53-22-26-19-38(2,3)46(50)39(26,4)5/h7-14,17-19H,6,15-16,20-23H2,1-5H3,(H,42,44)/t40-/m0/s1. The van der Waals surface area contributed by atoms with Crippen molar-refractivity contribution in [2.45, 2.75) is 82.2 Å². The SMILES string of the molecule is CC[C@@]1(OC(=O)CN=C(CCOCC2=CC(C)(C)N([O])C2(C)C)NS(=O)(=O)c2ccc(F)cc2)C(=O)OCc2c1cc1n(c2=O)Cc2cc3ccccc3nc2-1. The molecule has 4 aromatic rings. The summed E-state index contributed by atoms with van der Waals surface area (Å²) >= 11 is 0. The number of hydroxylamine groups is 2. The van der Waals surface area contributed by atoms with Crippen molar-refractivity contribution in [3.63, 3.8) is 0 Å². The number of nitrogens with zero attached hydrogens (tertiary/aromatic N) is 4. The third kappa shape index (κ3) is 6.91. The lowest BCUT2D eigenvalue weighted by Crippen LogP contribution is -2.48. The Bertz CT molecular complexity index is 2500. The second-order valence-electron chi connectivity index (χ2n) is 15.0. The number of ether oxygens (including phenoxy) is 3. The van der Waals surface area contributed by atoms with E-state index in [1.54, 1.807) is 45.3 Å². The number of amidine groups is 1. The van der Waals surface area contributed by atoms with Crippen molar-refractivity contribution < 1.29 is 41.8 Å². The van der Waals surface area contributed by atoms with Gasteiger partial charge in [-0.3, -0.25) is 14.5 Å². The number of para-hydroxylation sites is 1. The number of sulfonamides is 1. The van der Waals surface area contributed by atoms with E-state index < -0.39 is 56.6 Å². The van der Waals surface area contributed by atoms with Gasteiger partial charge in [-0.25, -0.2) is 27.4 Å². The maximum absolute atomic E-state index is 13.9. The molecule has 56 heavy (non-hydrogen) atoms. The van der Waals surface area contributed by atoms with E-state index in [1.807, 2.05) is 36.4 Å². The second kappa shape index (κ2) is 14.3. The van der Waals surface area contributed by atoms with Gasteiger partial charge >= 0.3 is 11.9 Å². The predicted octanol–water partition coefficient (Wildman–Crippen LogP) is 4.70. The number of cyclic esters (lactones) is 1. The van der Waals surface area contributed by atoms with Gasteiger partial charge in [0.15, 0.2) is 0 Å². The molecular weight excluding hydrogens is 746 g/mol. The quantitative estimate of drug-likeness (QED) is 0.0649. The number of esters is 2. The minimum Gasteiger partial charge on any atom is -0.457 e. The van der Waals surface area contributed by atoms with Gasteiger partial charge in [0.25, 0.3) is 15.6 Å². The molecule has 1 radical (unpaired) electrons. The summed E-state index contributed by atoms with van der Waals surface area (Å²) in [6, 6.07) is 15.3. The van der Waals surface area contributed by atoms with Gasteiger partial charge in [0, 0.05) is 22.9 Å². The van der Waals surface area contributed by atoms with E-state index >= 15 is 0 Å². The van der Waals surface area contributed by atoms with E-state index in [0.717, 1.165) is 51.4 Å². The van der Waals surface area contributed by atoms with E-state index in [1.165, 1.54) is 0 Å². The van der Waals surface area contributed by atoms with Crippen molar-refractivity contribution in [2.75, 3.05) is 19.8 Å². The molecule has 5 heterocycles. The molecule has 3 aliphatic rings. The van der Waals surface area contributed by atoms with Crippen molar-refractivity contribution in [1.82, 2.24) is 19.3 Å². The number of rotatable bonds is 11. The number of fused-ring (bicyclic) bond motifs is 5. The first kappa shape index (κ1) is 39.0. The smallest absolute Gasteiger partial charge is 0.355 e. The number of carbonyl (C=O) groups excluding carboxylic acids is 2. The molecule has 2 aromatic heterocycles. The molecule has 0 unspecified atom stereocenters. The summed E-state index contributed by atoms with van der Waals surface area (Å²) in [6.07, 6.45) is 1.62. The van der Waals surface area contributed by atoms with Crippen LogP contribution < -0.4 is 10.3 Å². The summed E-state index contributed by atoms with van der Waals surface area (Å²) in [5, 5.41) is 14.7. The van der Waals surface area contributed by atoms with Crippen molar-refractivity contribution in [3.8, 4) is 11.4 Å². The van der Waals surface area contributed by atoms with E-state index in [2.05, 4.69) is 9.71 Å². The zero-order valence-corrected chi connectivity index (χ0v) is 32.4. The number of hydrogen-bond donors (Lipinski definition) is 1. The average molecular weight is 787 g/mol. The first-order chi connectivity index (χ1) is 26.5. The summed E-state index contributed by atoms with van der Waals surface area (Å²) in [5.41, 5.74) is -0.298. The van der Waals surface area contributed by atoms with Gasteiger partial charge in [-0.15, -0.1) is 10.3 Å². The van der Waals surface area contributed by atoms with Gasteiger partial charge in [0.2, 0.25) is 5.60 Å². The summed E-state index contributed by atoms with van der Waals surface area (Å²) in [6.45, 7) is 8.00. The van der Waals surface area contributed by atoms with Crippen molar-refractivity contribution >= 4 is 38.7 Å². The molecule has 0 aliphatic carbocycles. The highest BCUT2D eigenvalue weighted by Crippen LogP contribution is 2.41. The van der Waals surface area contributed by atoms with Crippen LogP contribution in [0.15, 0.2) is 87.0 Å². The van der Waals surface area contributed by atoms with Crippen LogP contribution in [0.3, 0.4) is 0 Å². The number of nitrogens with one attached hydrogen (secondary N) is 1. The summed E-state index contributed by atoms with van der Waals surface area (Å²) in [5.74, 6) is -2.68. The molecule has 2 aromatic carbocycles. The highest BCUT2D eigenvalue weighted by molar-refractivity contribution is 7.90.